The number of anilines is 1. The van der Waals surface area contributed by atoms with Crippen molar-refractivity contribution in [1.82, 2.24) is 4.98 Å². The van der Waals surface area contributed by atoms with E-state index in [0.29, 0.717) is 5.69 Å². The van der Waals surface area contributed by atoms with Gasteiger partial charge in [-0.2, -0.15) is 0 Å². The number of nitrogen functional groups attached to an aromatic ring is 1. The van der Waals surface area contributed by atoms with Crippen molar-refractivity contribution in [1.29, 1.82) is 0 Å². The molecule has 3 nitrogen and oxygen atoms in total. The van der Waals surface area contributed by atoms with E-state index in [1.54, 1.807) is 6.20 Å². The lowest BCUT2D eigenvalue weighted by molar-refractivity contribution is 0.317. The van der Waals surface area contributed by atoms with Crippen LogP contribution in [0.3, 0.4) is 0 Å². The van der Waals surface area contributed by atoms with E-state index in [4.69, 9.17) is 10.5 Å². The van der Waals surface area contributed by atoms with Crippen LogP contribution in [0.4, 0.5) is 5.69 Å². The highest BCUT2D eigenvalue weighted by Crippen LogP contribution is 2.24. The molecule has 3 heteroatoms. The van der Waals surface area contributed by atoms with Crippen molar-refractivity contribution in [3.63, 3.8) is 0 Å². The van der Waals surface area contributed by atoms with E-state index in [1.165, 1.54) is 0 Å². The van der Waals surface area contributed by atoms with E-state index in [9.17, 15) is 0 Å². The molecule has 0 fully saturated rings. The molecule has 0 unspecified atom stereocenters. The zero-order chi connectivity index (χ0) is 12.1. The number of hydrogen-bond acceptors (Lipinski definition) is 3. The molecule has 2 rings (SSSR count). The topological polar surface area (TPSA) is 48.1 Å². The summed E-state index contributed by atoms with van der Waals surface area (Å²) in [7, 11) is 0. The van der Waals surface area contributed by atoms with Crippen molar-refractivity contribution in [3.05, 3.63) is 42.6 Å². The van der Waals surface area contributed by atoms with Crippen LogP contribution in [-0.4, -0.2) is 11.6 Å². The first-order valence-electron chi connectivity index (χ1n) is 5.75. The number of aromatic nitrogens is 1. The van der Waals surface area contributed by atoms with Crippen LogP contribution >= 0.6 is 0 Å². The highest BCUT2D eigenvalue weighted by Gasteiger charge is 2.03. The molecule has 88 valence electrons. The molecule has 17 heavy (non-hydrogen) atoms. The standard InChI is InChI=1S/C14H16N2O/c1-2-10-17-12-7-5-11(6-8-12)14-13(15)4-3-9-16-14/h3-9H,2,10,15H2,1H3. The summed E-state index contributed by atoms with van der Waals surface area (Å²) in [6.45, 7) is 2.83. The maximum absolute atomic E-state index is 5.88. The molecule has 0 aliphatic heterocycles. The Balaban J connectivity index is 2.21. The Bertz CT molecular complexity index is 480. The molecule has 0 bridgehead atoms. The van der Waals surface area contributed by atoms with Crippen LogP contribution in [-0.2, 0) is 0 Å². The zero-order valence-corrected chi connectivity index (χ0v) is 9.89. The fourth-order valence-electron chi connectivity index (χ4n) is 1.59. The van der Waals surface area contributed by atoms with Crippen molar-refractivity contribution in [2.24, 2.45) is 0 Å². The predicted molar refractivity (Wildman–Crippen MR) is 69.9 cm³/mol. The average molecular weight is 228 g/mol. The molecular formula is C14H16N2O. The second-order valence-electron chi connectivity index (χ2n) is 3.81. The van der Waals surface area contributed by atoms with Crippen molar-refractivity contribution in [2.75, 3.05) is 12.3 Å². The number of pyridine rings is 1. The van der Waals surface area contributed by atoms with Crippen LogP contribution in [0.5, 0.6) is 5.75 Å². The van der Waals surface area contributed by atoms with E-state index in [0.717, 1.165) is 30.0 Å². The van der Waals surface area contributed by atoms with Gasteiger partial charge in [-0.1, -0.05) is 6.92 Å². The molecule has 0 saturated heterocycles. The minimum Gasteiger partial charge on any atom is -0.494 e. The Morgan fingerprint density at radius 3 is 2.59 bits per heavy atom. The Morgan fingerprint density at radius 2 is 1.94 bits per heavy atom. The monoisotopic (exact) mass is 228 g/mol. The molecule has 0 radical (unpaired) electrons. The molecule has 0 amide bonds. The largest absolute Gasteiger partial charge is 0.494 e. The number of nitrogens with two attached hydrogens (primary N) is 1. The third-order valence-corrected chi connectivity index (χ3v) is 2.44. The predicted octanol–water partition coefficient (Wildman–Crippen LogP) is 3.12. The van der Waals surface area contributed by atoms with Gasteiger partial charge in [-0.25, -0.2) is 0 Å². The molecule has 0 saturated carbocycles. The van der Waals surface area contributed by atoms with E-state index in [-0.39, 0.29) is 0 Å². The fourth-order valence-corrected chi connectivity index (χ4v) is 1.59. The van der Waals surface area contributed by atoms with Crippen LogP contribution in [0.1, 0.15) is 13.3 Å². The molecule has 0 aliphatic carbocycles. The van der Waals surface area contributed by atoms with Crippen molar-refractivity contribution < 1.29 is 4.74 Å². The van der Waals surface area contributed by atoms with Gasteiger partial charge in [0.15, 0.2) is 0 Å². The van der Waals surface area contributed by atoms with E-state index < -0.39 is 0 Å². The van der Waals surface area contributed by atoms with Crippen LogP contribution in [0.25, 0.3) is 11.3 Å². The van der Waals surface area contributed by atoms with Gasteiger partial charge < -0.3 is 10.5 Å². The average Bonchev–Trinajstić information content (AvgIpc) is 2.38. The minimum atomic E-state index is 0.690. The molecule has 2 aromatic rings. The Labute approximate surface area is 101 Å². The maximum atomic E-state index is 5.88. The summed E-state index contributed by atoms with van der Waals surface area (Å²) >= 11 is 0. The quantitative estimate of drug-likeness (QED) is 0.874. The summed E-state index contributed by atoms with van der Waals surface area (Å²) in [6.07, 6.45) is 2.75. The molecule has 1 aromatic carbocycles. The molecule has 0 atom stereocenters. The summed E-state index contributed by atoms with van der Waals surface area (Å²) in [5, 5.41) is 0. The fraction of sp³-hybridized carbons (Fsp3) is 0.214. The van der Waals surface area contributed by atoms with E-state index >= 15 is 0 Å². The van der Waals surface area contributed by atoms with E-state index in [1.807, 2.05) is 36.4 Å². The molecular weight excluding hydrogens is 212 g/mol. The van der Waals surface area contributed by atoms with Gasteiger partial charge in [0, 0.05) is 11.8 Å². The summed E-state index contributed by atoms with van der Waals surface area (Å²) in [6, 6.07) is 11.5. The molecule has 1 aromatic heterocycles. The number of ether oxygens (including phenoxy) is 1. The van der Waals surface area contributed by atoms with Crippen molar-refractivity contribution in [3.8, 4) is 17.0 Å². The maximum Gasteiger partial charge on any atom is 0.119 e. The summed E-state index contributed by atoms with van der Waals surface area (Å²) in [4.78, 5) is 4.27. The molecule has 0 spiro atoms. The third-order valence-electron chi connectivity index (χ3n) is 2.44. The second-order valence-corrected chi connectivity index (χ2v) is 3.81. The zero-order valence-electron chi connectivity index (χ0n) is 9.89. The number of rotatable bonds is 4. The molecule has 0 aliphatic rings. The molecule has 2 N–H and O–H groups in total. The van der Waals surface area contributed by atoms with Crippen LogP contribution in [0.15, 0.2) is 42.6 Å². The highest BCUT2D eigenvalue weighted by atomic mass is 16.5. The lowest BCUT2D eigenvalue weighted by Crippen LogP contribution is -1.95. The normalized spacial score (nSPS) is 10.2. The number of hydrogen-bond donors (Lipinski definition) is 1. The van der Waals surface area contributed by atoms with Crippen molar-refractivity contribution in [2.45, 2.75) is 13.3 Å². The third kappa shape index (κ3) is 2.75. The second kappa shape index (κ2) is 5.34. The van der Waals surface area contributed by atoms with E-state index in [2.05, 4.69) is 11.9 Å². The smallest absolute Gasteiger partial charge is 0.119 e. The van der Waals surface area contributed by atoms with Gasteiger partial charge in [-0.05, 0) is 42.8 Å². The highest BCUT2D eigenvalue weighted by molar-refractivity contribution is 5.72. The van der Waals surface area contributed by atoms with Gasteiger partial charge in [-0.15, -0.1) is 0 Å². The van der Waals surface area contributed by atoms with Gasteiger partial charge in [0.05, 0.1) is 18.0 Å². The number of benzene rings is 1. The van der Waals surface area contributed by atoms with Gasteiger partial charge >= 0.3 is 0 Å². The Kier molecular flexibility index (Phi) is 3.60. The van der Waals surface area contributed by atoms with Gasteiger partial charge in [0.25, 0.3) is 0 Å². The SMILES string of the molecule is CCCOc1ccc(-c2ncccc2N)cc1. The molecule has 1 heterocycles. The Hall–Kier alpha value is -2.03. The lowest BCUT2D eigenvalue weighted by Gasteiger charge is -2.07. The van der Waals surface area contributed by atoms with Crippen LogP contribution < -0.4 is 10.5 Å². The summed E-state index contributed by atoms with van der Waals surface area (Å²) in [5.74, 6) is 0.880. The van der Waals surface area contributed by atoms with Crippen LogP contribution in [0.2, 0.25) is 0 Å². The first-order chi connectivity index (χ1) is 8.31. The lowest BCUT2D eigenvalue weighted by atomic mass is 10.1. The Morgan fingerprint density at radius 1 is 1.18 bits per heavy atom. The minimum absolute atomic E-state index is 0.690. The number of nitrogens with zero attached hydrogens (tertiary/aromatic N) is 1. The van der Waals surface area contributed by atoms with Gasteiger partial charge in [0.2, 0.25) is 0 Å². The first kappa shape index (κ1) is 11.5. The summed E-state index contributed by atoms with van der Waals surface area (Å²) < 4.78 is 5.52. The van der Waals surface area contributed by atoms with Crippen LogP contribution in [0, 0.1) is 0 Å². The summed E-state index contributed by atoms with van der Waals surface area (Å²) in [5.41, 5.74) is 8.39. The van der Waals surface area contributed by atoms with Gasteiger partial charge in [0.1, 0.15) is 5.75 Å². The first-order valence-corrected chi connectivity index (χ1v) is 5.75. The van der Waals surface area contributed by atoms with Crippen molar-refractivity contribution >= 4 is 5.69 Å². The van der Waals surface area contributed by atoms with Gasteiger partial charge in [-0.3, -0.25) is 4.98 Å².